The number of aromatic carboxylic acids is 1. The van der Waals surface area contributed by atoms with Crippen LogP contribution in [0.2, 0.25) is 0 Å². The Kier molecular flexibility index (Phi) is 1.22. The Morgan fingerprint density at radius 1 is 1.78 bits per heavy atom. The van der Waals surface area contributed by atoms with Gasteiger partial charge in [0.15, 0.2) is 5.95 Å². The van der Waals surface area contributed by atoms with E-state index in [-0.39, 0.29) is 5.56 Å². The van der Waals surface area contributed by atoms with Crippen molar-refractivity contribution < 1.29 is 14.3 Å². The lowest BCUT2D eigenvalue weighted by Gasteiger charge is -1.78. The number of hydrogen-bond acceptors (Lipinski definition) is 1. The van der Waals surface area contributed by atoms with Gasteiger partial charge in [-0.3, -0.25) is 0 Å². The molecule has 48 valence electrons. The van der Waals surface area contributed by atoms with Crippen LogP contribution in [0.3, 0.4) is 0 Å². The topological polar surface area (TPSA) is 53.1 Å². The zero-order valence-electron chi connectivity index (χ0n) is 4.39. The average Bonchev–Trinajstić information content (AvgIpc) is 2.14. The summed E-state index contributed by atoms with van der Waals surface area (Å²) in [7, 11) is 0. The van der Waals surface area contributed by atoms with Crippen LogP contribution in [0, 0.1) is 5.95 Å². The maximum atomic E-state index is 12.0. The van der Waals surface area contributed by atoms with Gasteiger partial charge in [0.2, 0.25) is 0 Å². The van der Waals surface area contributed by atoms with Crippen LogP contribution in [0.1, 0.15) is 10.4 Å². The summed E-state index contributed by atoms with van der Waals surface area (Å²) in [5.41, 5.74) is -0.0625. The van der Waals surface area contributed by atoms with Crippen LogP contribution in [0.15, 0.2) is 12.3 Å². The molecule has 0 radical (unpaired) electrons. The summed E-state index contributed by atoms with van der Waals surface area (Å²) in [5.74, 6) is -1.76. The van der Waals surface area contributed by atoms with Crippen molar-refractivity contribution in [2.75, 3.05) is 0 Å². The van der Waals surface area contributed by atoms with Crippen molar-refractivity contribution in [3.63, 3.8) is 0 Å². The van der Waals surface area contributed by atoms with Gasteiger partial charge in [-0.15, -0.1) is 0 Å². The Labute approximate surface area is 50.1 Å². The fraction of sp³-hybridized carbons (Fsp3) is 0. The average molecular weight is 129 g/mol. The van der Waals surface area contributed by atoms with Crippen molar-refractivity contribution in [1.29, 1.82) is 0 Å². The van der Waals surface area contributed by atoms with Gasteiger partial charge in [-0.05, 0) is 0 Å². The molecule has 0 aliphatic heterocycles. The van der Waals surface area contributed by atoms with Gasteiger partial charge in [0, 0.05) is 12.3 Å². The Morgan fingerprint density at radius 2 is 2.44 bits per heavy atom. The van der Waals surface area contributed by atoms with Crippen LogP contribution < -0.4 is 0 Å². The lowest BCUT2D eigenvalue weighted by atomic mass is 10.3. The minimum Gasteiger partial charge on any atom is -0.478 e. The summed E-state index contributed by atoms with van der Waals surface area (Å²) in [5, 5.41) is 8.21. The normalized spacial score (nSPS) is 9.44. The van der Waals surface area contributed by atoms with Gasteiger partial charge in [-0.2, -0.15) is 4.39 Å². The fourth-order valence-corrected chi connectivity index (χ4v) is 0.490. The SMILES string of the molecule is O=C(O)c1c[nH]c(F)c1. The molecule has 0 amide bonds. The largest absolute Gasteiger partial charge is 0.478 e. The maximum Gasteiger partial charge on any atom is 0.337 e. The summed E-state index contributed by atoms with van der Waals surface area (Å²) < 4.78 is 12.0. The number of nitrogens with one attached hydrogen (secondary N) is 1. The minimum absolute atomic E-state index is 0.0625. The highest BCUT2D eigenvalue weighted by Crippen LogP contribution is 1.99. The highest BCUT2D eigenvalue weighted by atomic mass is 19.1. The van der Waals surface area contributed by atoms with Crippen molar-refractivity contribution in [3.8, 4) is 0 Å². The third kappa shape index (κ3) is 1.07. The van der Waals surface area contributed by atoms with Gasteiger partial charge >= 0.3 is 5.97 Å². The molecule has 1 aromatic rings. The van der Waals surface area contributed by atoms with Gasteiger partial charge in [0.05, 0.1) is 5.56 Å². The highest BCUT2D eigenvalue weighted by Gasteiger charge is 2.03. The summed E-state index contributed by atoms with van der Waals surface area (Å²) in [6, 6.07) is 0.919. The molecule has 1 rings (SSSR count). The summed E-state index contributed by atoms with van der Waals surface area (Å²) in [6.45, 7) is 0. The lowest BCUT2D eigenvalue weighted by Crippen LogP contribution is -1.91. The van der Waals surface area contributed by atoms with Gasteiger partial charge in [-0.1, -0.05) is 0 Å². The van der Waals surface area contributed by atoms with Crippen molar-refractivity contribution in [1.82, 2.24) is 4.98 Å². The first-order chi connectivity index (χ1) is 4.20. The Bertz CT molecular complexity index is 231. The van der Waals surface area contributed by atoms with Gasteiger partial charge < -0.3 is 10.1 Å². The van der Waals surface area contributed by atoms with Gasteiger partial charge in [0.25, 0.3) is 0 Å². The Balaban J connectivity index is 2.98. The summed E-state index contributed by atoms with van der Waals surface area (Å²) >= 11 is 0. The maximum absolute atomic E-state index is 12.0. The van der Waals surface area contributed by atoms with E-state index in [4.69, 9.17) is 5.11 Å². The van der Waals surface area contributed by atoms with E-state index in [1.54, 1.807) is 0 Å². The molecule has 1 heterocycles. The van der Waals surface area contributed by atoms with Crippen LogP contribution in [-0.2, 0) is 0 Å². The molecular weight excluding hydrogens is 125 g/mol. The Hall–Kier alpha value is -1.32. The molecule has 2 N–H and O–H groups in total. The molecule has 0 fully saturated rings. The van der Waals surface area contributed by atoms with E-state index in [2.05, 4.69) is 4.98 Å². The van der Waals surface area contributed by atoms with E-state index in [0.717, 1.165) is 12.3 Å². The number of carboxylic acids is 1. The first-order valence-corrected chi connectivity index (χ1v) is 2.27. The van der Waals surface area contributed by atoms with Crippen molar-refractivity contribution in [2.45, 2.75) is 0 Å². The molecule has 0 aliphatic rings. The van der Waals surface area contributed by atoms with Gasteiger partial charge in [0.1, 0.15) is 0 Å². The molecule has 0 unspecified atom stereocenters. The predicted octanol–water partition coefficient (Wildman–Crippen LogP) is 0.852. The number of carboxylic acid groups (broad SMARTS) is 1. The molecular formula is C5H4FNO2. The molecule has 4 heteroatoms. The second-order valence-electron chi connectivity index (χ2n) is 1.54. The number of hydrogen-bond donors (Lipinski definition) is 2. The van der Waals surface area contributed by atoms with E-state index in [1.807, 2.05) is 0 Å². The Morgan fingerprint density at radius 3 is 2.67 bits per heavy atom. The molecule has 0 aliphatic carbocycles. The molecule has 1 aromatic heterocycles. The second-order valence-corrected chi connectivity index (χ2v) is 1.54. The number of rotatable bonds is 1. The number of aromatic amines is 1. The number of carbonyl (C=O) groups is 1. The molecule has 0 aromatic carbocycles. The number of H-pyrrole nitrogens is 1. The third-order valence-corrected chi connectivity index (χ3v) is 0.895. The van der Waals surface area contributed by atoms with E-state index >= 15 is 0 Å². The standard InChI is InChI=1S/C5H4FNO2/c6-4-1-3(2-7-4)5(8)9/h1-2,7H,(H,8,9). The fourth-order valence-electron chi connectivity index (χ4n) is 0.490. The molecule has 0 spiro atoms. The van der Waals surface area contributed by atoms with Crippen molar-refractivity contribution >= 4 is 5.97 Å². The summed E-state index contributed by atoms with van der Waals surface area (Å²) in [6.07, 6.45) is 1.09. The number of aromatic nitrogens is 1. The van der Waals surface area contributed by atoms with Crippen molar-refractivity contribution in [2.24, 2.45) is 0 Å². The molecule has 3 nitrogen and oxygen atoms in total. The monoisotopic (exact) mass is 129 g/mol. The highest BCUT2D eigenvalue weighted by molar-refractivity contribution is 5.87. The molecule has 0 saturated heterocycles. The second kappa shape index (κ2) is 1.89. The molecule has 0 atom stereocenters. The zero-order valence-corrected chi connectivity index (χ0v) is 4.39. The van der Waals surface area contributed by atoms with Crippen LogP contribution in [0.4, 0.5) is 4.39 Å². The lowest BCUT2D eigenvalue weighted by molar-refractivity contribution is 0.0697. The minimum atomic E-state index is -1.13. The zero-order chi connectivity index (χ0) is 6.85. The summed E-state index contributed by atoms with van der Waals surface area (Å²) in [4.78, 5) is 12.1. The molecule has 9 heavy (non-hydrogen) atoms. The molecule has 0 bridgehead atoms. The van der Waals surface area contributed by atoms with Crippen LogP contribution in [0.25, 0.3) is 0 Å². The predicted molar refractivity (Wildman–Crippen MR) is 27.7 cm³/mol. The third-order valence-electron chi connectivity index (χ3n) is 0.895. The van der Waals surface area contributed by atoms with Crippen LogP contribution in [0.5, 0.6) is 0 Å². The van der Waals surface area contributed by atoms with Crippen LogP contribution in [-0.4, -0.2) is 16.1 Å². The van der Waals surface area contributed by atoms with Crippen molar-refractivity contribution in [3.05, 3.63) is 23.8 Å². The molecule has 0 saturated carbocycles. The van der Waals surface area contributed by atoms with E-state index in [0.29, 0.717) is 0 Å². The van der Waals surface area contributed by atoms with E-state index in [1.165, 1.54) is 0 Å². The quantitative estimate of drug-likeness (QED) is 0.590. The first kappa shape index (κ1) is 5.81. The smallest absolute Gasteiger partial charge is 0.337 e. The van der Waals surface area contributed by atoms with Gasteiger partial charge in [-0.25, -0.2) is 4.79 Å². The number of halogens is 1. The van der Waals surface area contributed by atoms with E-state index in [9.17, 15) is 9.18 Å². The van der Waals surface area contributed by atoms with Crippen LogP contribution >= 0.6 is 0 Å². The first-order valence-electron chi connectivity index (χ1n) is 2.27. The van der Waals surface area contributed by atoms with E-state index < -0.39 is 11.9 Å².